The Hall–Kier alpha value is -2.28. The maximum absolute atomic E-state index is 8.97. The molecule has 0 saturated heterocycles. The molecule has 0 N–H and O–H groups in total. The first-order valence-corrected chi connectivity index (χ1v) is 5.25. The van der Waals surface area contributed by atoms with Crippen LogP contribution in [0, 0.1) is 18.3 Å². The van der Waals surface area contributed by atoms with Crippen LogP contribution < -0.4 is 4.74 Å². The molecule has 0 spiro atoms. The summed E-state index contributed by atoms with van der Waals surface area (Å²) in [5, 5.41) is 8.97. The highest BCUT2D eigenvalue weighted by Crippen LogP contribution is 2.29. The van der Waals surface area contributed by atoms with Crippen LogP contribution in [-0.2, 0) is 7.05 Å². The van der Waals surface area contributed by atoms with Gasteiger partial charge in [-0.1, -0.05) is 12.1 Å². The number of hydrogen-bond donors (Lipinski definition) is 0. The third-order valence-electron chi connectivity index (χ3n) is 2.84. The van der Waals surface area contributed by atoms with Gasteiger partial charge in [0.05, 0.1) is 18.4 Å². The maximum Gasteiger partial charge on any atom is 0.162 e. The highest BCUT2D eigenvalue weighted by Gasteiger charge is 2.15. The van der Waals surface area contributed by atoms with E-state index in [1.54, 1.807) is 7.11 Å². The number of nitriles is 1. The van der Waals surface area contributed by atoms with E-state index in [1.807, 2.05) is 42.8 Å². The highest BCUT2D eigenvalue weighted by molar-refractivity contribution is 5.65. The molecule has 1 aromatic carbocycles. The van der Waals surface area contributed by atoms with Gasteiger partial charge < -0.3 is 9.30 Å². The van der Waals surface area contributed by atoms with Gasteiger partial charge in [0.15, 0.2) is 5.69 Å². The lowest BCUT2D eigenvalue weighted by Gasteiger charge is -2.08. The minimum atomic E-state index is 0.452. The van der Waals surface area contributed by atoms with Gasteiger partial charge in [-0.2, -0.15) is 5.26 Å². The lowest BCUT2D eigenvalue weighted by Crippen LogP contribution is -1.96. The Morgan fingerprint density at radius 1 is 1.35 bits per heavy atom. The van der Waals surface area contributed by atoms with E-state index < -0.39 is 0 Å². The third-order valence-corrected chi connectivity index (χ3v) is 2.84. The van der Waals surface area contributed by atoms with Crippen LogP contribution in [-0.4, -0.2) is 16.7 Å². The molecular formula is C13H13N3O. The molecule has 0 saturated carbocycles. The normalized spacial score (nSPS) is 10.0. The maximum atomic E-state index is 8.97. The zero-order valence-electron chi connectivity index (χ0n) is 10.1. The number of ether oxygens (including phenoxy) is 1. The average molecular weight is 227 g/mol. The Morgan fingerprint density at radius 3 is 2.65 bits per heavy atom. The molecule has 4 heteroatoms. The summed E-state index contributed by atoms with van der Waals surface area (Å²) in [4.78, 5) is 4.33. The number of nitrogens with zero attached hydrogens (tertiary/aromatic N) is 3. The zero-order chi connectivity index (χ0) is 12.4. The topological polar surface area (TPSA) is 50.8 Å². The van der Waals surface area contributed by atoms with Crippen molar-refractivity contribution in [1.29, 1.82) is 5.26 Å². The molecule has 2 rings (SSSR count). The molecule has 1 aromatic heterocycles. The smallest absolute Gasteiger partial charge is 0.162 e. The summed E-state index contributed by atoms with van der Waals surface area (Å²) < 4.78 is 7.20. The van der Waals surface area contributed by atoms with Crippen LogP contribution in [0.15, 0.2) is 24.3 Å². The summed E-state index contributed by atoms with van der Waals surface area (Å²) in [5.74, 6) is 1.50. The fraction of sp³-hybridized carbons (Fsp3) is 0.231. The zero-order valence-corrected chi connectivity index (χ0v) is 10.1. The highest BCUT2D eigenvalue weighted by atomic mass is 16.5. The van der Waals surface area contributed by atoms with E-state index in [4.69, 9.17) is 10.00 Å². The van der Waals surface area contributed by atoms with Gasteiger partial charge in [-0.25, -0.2) is 4.98 Å². The van der Waals surface area contributed by atoms with Crippen LogP contribution in [0.4, 0.5) is 0 Å². The summed E-state index contributed by atoms with van der Waals surface area (Å²) in [6.07, 6.45) is 0. The van der Waals surface area contributed by atoms with Crippen LogP contribution in [0.2, 0.25) is 0 Å². The van der Waals surface area contributed by atoms with Gasteiger partial charge in [0.2, 0.25) is 0 Å². The molecule has 0 bridgehead atoms. The van der Waals surface area contributed by atoms with Gasteiger partial charge in [0.25, 0.3) is 0 Å². The molecule has 17 heavy (non-hydrogen) atoms. The summed E-state index contributed by atoms with van der Waals surface area (Å²) in [7, 11) is 3.52. The molecule has 0 fully saturated rings. The van der Waals surface area contributed by atoms with Gasteiger partial charge in [-0.05, 0) is 19.1 Å². The van der Waals surface area contributed by atoms with Crippen molar-refractivity contribution in [3.05, 3.63) is 35.7 Å². The standard InChI is InChI=1S/C13H13N3O/c1-9-11(8-14)15-13(16(9)2)10-6-4-5-7-12(10)17-3/h4-7H,1-3H3. The predicted octanol–water partition coefficient (Wildman–Crippen LogP) is 2.28. The average Bonchev–Trinajstić information content (AvgIpc) is 2.66. The van der Waals surface area contributed by atoms with Gasteiger partial charge in [-0.15, -0.1) is 0 Å². The summed E-state index contributed by atoms with van der Waals surface area (Å²) >= 11 is 0. The molecule has 0 atom stereocenters. The van der Waals surface area contributed by atoms with Crippen LogP contribution in [0.3, 0.4) is 0 Å². The van der Waals surface area contributed by atoms with Gasteiger partial charge in [0.1, 0.15) is 17.6 Å². The van der Waals surface area contributed by atoms with E-state index >= 15 is 0 Å². The summed E-state index contributed by atoms with van der Waals surface area (Å²) in [5.41, 5.74) is 2.20. The second-order valence-electron chi connectivity index (χ2n) is 3.74. The molecular weight excluding hydrogens is 214 g/mol. The summed E-state index contributed by atoms with van der Waals surface area (Å²) in [6, 6.07) is 9.73. The lowest BCUT2D eigenvalue weighted by atomic mass is 10.2. The number of hydrogen-bond acceptors (Lipinski definition) is 3. The Bertz CT molecular complexity index is 593. The molecule has 0 amide bonds. The first kappa shape index (κ1) is 11.2. The number of para-hydroxylation sites is 1. The van der Waals surface area contributed by atoms with E-state index in [0.717, 1.165) is 22.8 Å². The van der Waals surface area contributed by atoms with E-state index in [9.17, 15) is 0 Å². The number of benzene rings is 1. The quantitative estimate of drug-likeness (QED) is 0.790. The van der Waals surface area contributed by atoms with Crippen molar-refractivity contribution in [3.8, 4) is 23.2 Å². The van der Waals surface area contributed by atoms with Crippen molar-refractivity contribution in [1.82, 2.24) is 9.55 Å². The SMILES string of the molecule is COc1ccccc1-c1nc(C#N)c(C)n1C. The first-order valence-electron chi connectivity index (χ1n) is 5.25. The van der Waals surface area contributed by atoms with E-state index in [-0.39, 0.29) is 0 Å². The van der Waals surface area contributed by atoms with Crippen LogP contribution in [0.5, 0.6) is 5.75 Å². The molecule has 86 valence electrons. The van der Waals surface area contributed by atoms with Crippen LogP contribution in [0.25, 0.3) is 11.4 Å². The van der Waals surface area contributed by atoms with E-state index in [0.29, 0.717) is 5.69 Å². The molecule has 4 nitrogen and oxygen atoms in total. The summed E-state index contributed by atoms with van der Waals surface area (Å²) in [6.45, 7) is 1.88. The number of aromatic nitrogens is 2. The molecule has 0 unspecified atom stereocenters. The number of imidazole rings is 1. The van der Waals surface area contributed by atoms with Crippen molar-refractivity contribution >= 4 is 0 Å². The van der Waals surface area contributed by atoms with E-state index in [2.05, 4.69) is 11.1 Å². The van der Waals surface area contributed by atoms with Gasteiger partial charge >= 0.3 is 0 Å². The Labute approximate surface area is 100 Å². The Balaban J connectivity index is 2.65. The lowest BCUT2D eigenvalue weighted by molar-refractivity contribution is 0.416. The minimum Gasteiger partial charge on any atom is -0.496 e. The Kier molecular flexibility index (Phi) is 2.84. The van der Waals surface area contributed by atoms with Crippen LogP contribution >= 0.6 is 0 Å². The fourth-order valence-corrected chi connectivity index (χ4v) is 1.76. The van der Waals surface area contributed by atoms with Crippen molar-refractivity contribution in [2.75, 3.05) is 7.11 Å². The van der Waals surface area contributed by atoms with Crippen LogP contribution in [0.1, 0.15) is 11.4 Å². The Morgan fingerprint density at radius 2 is 2.06 bits per heavy atom. The largest absolute Gasteiger partial charge is 0.496 e. The molecule has 0 radical (unpaired) electrons. The van der Waals surface area contributed by atoms with Gasteiger partial charge in [0, 0.05) is 7.05 Å². The third kappa shape index (κ3) is 1.76. The number of rotatable bonds is 2. The first-order chi connectivity index (χ1) is 8.19. The second-order valence-corrected chi connectivity index (χ2v) is 3.74. The van der Waals surface area contributed by atoms with Crippen molar-refractivity contribution < 1.29 is 4.74 Å². The fourth-order valence-electron chi connectivity index (χ4n) is 1.76. The molecule has 0 aliphatic rings. The second kappa shape index (κ2) is 4.30. The monoisotopic (exact) mass is 227 g/mol. The molecule has 0 aliphatic heterocycles. The molecule has 1 heterocycles. The molecule has 2 aromatic rings. The number of methoxy groups -OCH3 is 1. The minimum absolute atomic E-state index is 0.452. The van der Waals surface area contributed by atoms with Crippen molar-refractivity contribution in [2.45, 2.75) is 6.92 Å². The van der Waals surface area contributed by atoms with Crippen molar-refractivity contribution in [2.24, 2.45) is 7.05 Å². The molecule has 0 aliphatic carbocycles. The predicted molar refractivity (Wildman–Crippen MR) is 64.6 cm³/mol. The van der Waals surface area contributed by atoms with Gasteiger partial charge in [-0.3, -0.25) is 0 Å². The van der Waals surface area contributed by atoms with Crippen molar-refractivity contribution in [3.63, 3.8) is 0 Å². The van der Waals surface area contributed by atoms with E-state index in [1.165, 1.54) is 0 Å².